The zero-order valence-electron chi connectivity index (χ0n) is 11.2. The van der Waals surface area contributed by atoms with Crippen molar-refractivity contribution in [1.29, 1.82) is 0 Å². The summed E-state index contributed by atoms with van der Waals surface area (Å²) < 4.78 is 0. The Hall–Kier alpha value is -0.370. The standard InChI is InChI=1S/C16H25NO/c18-16(12-2-1-3-17-9-12)15-13-5-10-4-11(7-13)8-14(15)6-10/h10-15,17H,1-9H2. The Morgan fingerprint density at radius 3 is 2.17 bits per heavy atom. The van der Waals surface area contributed by atoms with Gasteiger partial charge in [0.1, 0.15) is 5.78 Å². The Kier molecular flexibility index (Phi) is 2.76. The van der Waals surface area contributed by atoms with Crippen molar-refractivity contribution < 1.29 is 4.79 Å². The van der Waals surface area contributed by atoms with E-state index in [1.807, 2.05) is 0 Å². The van der Waals surface area contributed by atoms with E-state index in [1.165, 1.54) is 38.5 Å². The van der Waals surface area contributed by atoms with Gasteiger partial charge in [-0.05, 0) is 75.2 Å². The van der Waals surface area contributed by atoms with Gasteiger partial charge in [0.05, 0.1) is 0 Å². The molecule has 5 aliphatic rings. The zero-order chi connectivity index (χ0) is 12.1. The number of carbonyl (C=O) groups is 1. The molecule has 1 atom stereocenters. The van der Waals surface area contributed by atoms with Crippen LogP contribution in [0.2, 0.25) is 0 Å². The minimum absolute atomic E-state index is 0.348. The molecule has 100 valence electrons. The summed E-state index contributed by atoms with van der Waals surface area (Å²) in [5, 5.41) is 3.42. The summed E-state index contributed by atoms with van der Waals surface area (Å²) in [5.41, 5.74) is 0. The third-order valence-electron chi connectivity index (χ3n) is 6.25. The Morgan fingerprint density at radius 2 is 1.61 bits per heavy atom. The maximum absolute atomic E-state index is 12.8. The molecule has 4 aliphatic carbocycles. The summed E-state index contributed by atoms with van der Waals surface area (Å²) in [6.45, 7) is 2.08. The van der Waals surface area contributed by atoms with Gasteiger partial charge < -0.3 is 5.32 Å². The van der Waals surface area contributed by atoms with Crippen LogP contribution in [0.25, 0.3) is 0 Å². The third kappa shape index (κ3) is 1.76. The van der Waals surface area contributed by atoms with Gasteiger partial charge >= 0.3 is 0 Å². The Morgan fingerprint density at radius 1 is 0.944 bits per heavy atom. The lowest BCUT2D eigenvalue weighted by Crippen LogP contribution is -2.50. The SMILES string of the molecule is O=C(C1CCCNC1)C1C2CC3CC(C2)CC1C3. The summed E-state index contributed by atoms with van der Waals surface area (Å²) in [6.07, 6.45) is 9.34. The second-order valence-corrected chi connectivity index (χ2v) is 7.40. The predicted octanol–water partition coefficient (Wildman–Crippen LogP) is 2.63. The number of hydrogen-bond acceptors (Lipinski definition) is 2. The van der Waals surface area contributed by atoms with E-state index in [1.54, 1.807) is 0 Å². The van der Waals surface area contributed by atoms with E-state index in [9.17, 15) is 4.79 Å². The van der Waals surface area contributed by atoms with Crippen molar-refractivity contribution in [1.82, 2.24) is 5.32 Å². The smallest absolute Gasteiger partial charge is 0.140 e. The molecule has 1 aliphatic heterocycles. The van der Waals surface area contributed by atoms with E-state index < -0.39 is 0 Å². The van der Waals surface area contributed by atoms with E-state index in [-0.39, 0.29) is 0 Å². The average Bonchev–Trinajstić information content (AvgIpc) is 2.38. The van der Waals surface area contributed by atoms with Gasteiger partial charge in [0, 0.05) is 18.4 Å². The van der Waals surface area contributed by atoms with Crippen LogP contribution < -0.4 is 5.32 Å². The number of nitrogens with one attached hydrogen (secondary N) is 1. The van der Waals surface area contributed by atoms with Crippen LogP contribution in [0.1, 0.15) is 44.9 Å². The third-order valence-corrected chi connectivity index (χ3v) is 6.25. The van der Waals surface area contributed by atoms with E-state index in [2.05, 4.69) is 5.32 Å². The van der Waals surface area contributed by atoms with Crippen LogP contribution in [-0.4, -0.2) is 18.9 Å². The van der Waals surface area contributed by atoms with Crippen LogP contribution in [0.5, 0.6) is 0 Å². The highest BCUT2D eigenvalue weighted by Crippen LogP contribution is 2.57. The van der Waals surface area contributed by atoms with E-state index in [0.717, 1.165) is 43.2 Å². The average molecular weight is 247 g/mol. The highest BCUT2D eigenvalue weighted by atomic mass is 16.1. The van der Waals surface area contributed by atoms with Crippen molar-refractivity contribution in [2.45, 2.75) is 44.9 Å². The van der Waals surface area contributed by atoms with Crippen molar-refractivity contribution in [3.8, 4) is 0 Å². The van der Waals surface area contributed by atoms with Gasteiger partial charge in [0.2, 0.25) is 0 Å². The summed E-state index contributed by atoms with van der Waals surface area (Å²) in [4.78, 5) is 12.8. The van der Waals surface area contributed by atoms with Gasteiger partial charge in [-0.25, -0.2) is 0 Å². The van der Waals surface area contributed by atoms with Crippen molar-refractivity contribution in [3.63, 3.8) is 0 Å². The van der Waals surface area contributed by atoms with Crippen LogP contribution in [-0.2, 0) is 4.79 Å². The van der Waals surface area contributed by atoms with Crippen molar-refractivity contribution in [2.75, 3.05) is 13.1 Å². The number of carbonyl (C=O) groups excluding carboxylic acids is 1. The molecule has 2 heteroatoms. The molecule has 1 heterocycles. The number of ketones is 1. The largest absolute Gasteiger partial charge is 0.316 e. The second kappa shape index (κ2) is 4.33. The molecule has 5 fully saturated rings. The topological polar surface area (TPSA) is 29.1 Å². The van der Waals surface area contributed by atoms with Crippen LogP contribution in [0.4, 0.5) is 0 Å². The van der Waals surface area contributed by atoms with E-state index >= 15 is 0 Å². The van der Waals surface area contributed by atoms with Gasteiger partial charge in [0.25, 0.3) is 0 Å². The quantitative estimate of drug-likeness (QED) is 0.812. The molecule has 1 unspecified atom stereocenters. The minimum atomic E-state index is 0.348. The fourth-order valence-electron chi connectivity index (χ4n) is 5.76. The molecule has 0 amide bonds. The monoisotopic (exact) mass is 247 g/mol. The number of hydrogen-bond donors (Lipinski definition) is 1. The minimum Gasteiger partial charge on any atom is -0.316 e. The Labute approximate surface area is 110 Å². The molecule has 1 saturated heterocycles. The predicted molar refractivity (Wildman–Crippen MR) is 71.1 cm³/mol. The molecule has 4 saturated carbocycles. The molecule has 1 N–H and O–H groups in total. The molecule has 0 radical (unpaired) electrons. The maximum atomic E-state index is 12.8. The number of rotatable bonds is 2. The second-order valence-electron chi connectivity index (χ2n) is 7.40. The fourth-order valence-corrected chi connectivity index (χ4v) is 5.76. The van der Waals surface area contributed by atoms with E-state index in [4.69, 9.17) is 0 Å². The molecule has 2 nitrogen and oxygen atoms in total. The first-order chi connectivity index (χ1) is 8.81. The normalized spacial score (nSPS) is 50.4. The molecule has 0 aromatic rings. The molecular weight excluding hydrogens is 222 g/mol. The van der Waals surface area contributed by atoms with Gasteiger partial charge in [-0.3, -0.25) is 4.79 Å². The molecule has 5 rings (SSSR count). The maximum Gasteiger partial charge on any atom is 0.140 e. The first-order valence-corrected chi connectivity index (χ1v) is 8.05. The first kappa shape index (κ1) is 11.5. The molecule has 18 heavy (non-hydrogen) atoms. The Balaban J connectivity index is 1.52. The summed E-state index contributed by atoms with van der Waals surface area (Å²) in [6, 6.07) is 0. The van der Waals surface area contributed by atoms with Crippen LogP contribution in [0.15, 0.2) is 0 Å². The molecule has 0 aromatic heterocycles. The van der Waals surface area contributed by atoms with Crippen molar-refractivity contribution in [3.05, 3.63) is 0 Å². The van der Waals surface area contributed by atoms with Crippen LogP contribution in [0.3, 0.4) is 0 Å². The number of Topliss-reactive ketones (excluding diaryl/α,β-unsaturated/α-hetero) is 1. The molecule has 0 spiro atoms. The lowest BCUT2D eigenvalue weighted by atomic mass is 9.50. The summed E-state index contributed by atoms with van der Waals surface area (Å²) in [5.74, 6) is 4.98. The lowest BCUT2D eigenvalue weighted by Gasteiger charge is -2.54. The molecule has 0 aromatic carbocycles. The van der Waals surface area contributed by atoms with E-state index in [0.29, 0.717) is 17.6 Å². The summed E-state index contributed by atoms with van der Waals surface area (Å²) in [7, 11) is 0. The van der Waals surface area contributed by atoms with Crippen molar-refractivity contribution in [2.24, 2.45) is 35.5 Å². The van der Waals surface area contributed by atoms with Crippen LogP contribution in [0, 0.1) is 35.5 Å². The highest BCUT2D eigenvalue weighted by molar-refractivity contribution is 5.84. The zero-order valence-corrected chi connectivity index (χ0v) is 11.2. The highest BCUT2D eigenvalue weighted by Gasteiger charge is 2.51. The van der Waals surface area contributed by atoms with Gasteiger partial charge in [-0.15, -0.1) is 0 Å². The lowest BCUT2D eigenvalue weighted by molar-refractivity contribution is -0.140. The Bertz CT molecular complexity index is 317. The fraction of sp³-hybridized carbons (Fsp3) is 0.938. The molecular formula is C16H25NO. The molecule has 4 bridgehead atoms. The van der Waals surface area contributed by atoms with Gasteiger partial charge in [-0.2, -0.15) is 0 Å². The van der Waals surface area contributed by atoms with Crippen molar-refractivity contribution >= 4 is 5.78 Å². The van der Waals surface area contributed by atoms with Crippen LogP contribution >= 0.6 is 0 Å². The number of piperidine rings is 1. The summed E-state index contributed by atoms with van der Waals surface area (Å²) >= 11 is 0. The van der Waals surface area contributed by atoms with Gasteiger partial charge in [-0.1, -0.05) is 0 Å². The first-order valence-electron chi connectivity index (χ1n) is 8.05. The van der Waals surface area contributed by atoms with Gasteiger partial charge in [0.15, 0.2) is 0 Å².